The van der Waals surface area contributed by atoms with Crippen LogP contribution < -0.4 is 4.74 Å². The van der Waals surface area contributed by atoms with E-state index in [1.54, 1.807) is 0 Å². The summed E-state index contributed by atoms with van der Waals surface area (Å²) >= 11 is 0. The number of piperidine rings is 1. The molecule has 3 nitrogen and oxygen atoms in total. The zero-order chi connectivity index (χ0) is 15.6. The van der Waals surface area contributed by atoms with Crippen molar-refractivity contribution in [2.75, 3.05) is 32.7 Å². The molecule has 0 saturated carbocycles. The van der Waals surface area contributed by atoms with Crippen LogP contribution in [0.15, 0.2) is 24.3 Å². The normalized spacial score (nSPS) is 21.6. The lowest BCUT2D eigenvalue weighted by Crippen LogP contribution is -2.61. The van der Waals surface area contributed by atoms with E-state index in [4.69, 9.17) is 4.74 Å². The largest absolute Gasteiger partial charge is 0.488 e. The SMILES string of the molecule is Cc1ccc(OC2CN(CC(C)(C)N3CCCCC3)C2)cc1. The molecule has 0 amide bonds. The first-order chi connectivity index (χ1) is 10.5. The molecule has 2 saturated heterocycles. The Morgan fingerprint density at radius 1 is 1.05 bits per heavy atom. The van der Waals surface area contributed by atoms with Gasteiger partial charge >= 0.3 is 0 Å². The Kier molecular flexibility index (Phi) is 4.74. The number of ether oxygens (including phenoxy) is 1. The van der Waals surface area contributed by atoms with Crippen molar-refractivity contribution in [3.63, 3.8) is 0 Å². The van der Waals surface area contributed by atoms with Gasteiger partial charge in [-0.05, 0) is 58.8 Å². The molecule has 3 heteroatoms. The van der Waals surface area contributed by atoms with Gasteiger partial charge in [0.2, 0.25) is 0 Å². The molecule has 122 valence electrons. The summed E-state index contributed by atoms with van der Waals surface area (Å²) < 4.78 is 6.04. The number of likely N-dealkylation sites (tertiary alicyclic amines) is 2. The van der Waals surface area contributed by atoms with Crippen LogP contribution in [-0.2, 0) is 0 Å². The van der Waals surface area contributed by atoms with Crippen LogP contribution in [0.25, 0.3) is 0 Å². The van der Waals surface area contributed by atoms with Crippen molar-refractivity contribution >= 4 is 0 Å². The third-order valence-electron chi connectivity index (χ3n) is 5.07. The summed E-state index contributed by atoms with van der Waals surface area (Å²) in [6.45, 7) is 12.7. The van der Waals surface area contributed by atoms with E-state index < -0.39 is 0 Å². The van der Waals surface area contributed by atoms with Crippen LogP contribution in [0.5, 0.6) is 5.75 Å². The van der Waals surface area contributed by atoms with E-state index in [9.17, 15) is 0 Å². The van der Waals surface area contributed by atoms with Gasteiger partial charge in [0.05, 0.1) is 0 Å². The van der Waals surface area contributed by atoms with Crippen molar-refractivity contribution in [1.82, 2.24) is 9.80 Å². The number of hydrogen-bond donors (Lipinski definition) is 0. The lowest BCUT2D eigenvalue weighted by Gasteiger charge is -2.48. The molecule has 0 atom stereocenters. The van der Waals surface area contributed by atoms with Crippen molar-refractivity contribution in [3.8, 4) is 5.75 Å². The van der Waals surface area contributed by atoms with Crippen LogP contribution in [0.2, 0.25) is 0 Å². The van der Waals surface area contributed by atoms with E-state index in [2.05, 4.69) is 54.8 Å². The molecule has 0 N–H and O–H groups in total. The van der Waals surface area contributed by atoms with Gasteiger partial charge < -0.3 is 4.74 Å². The minimum Gasteiger partial charge on any atom is -0.488 e. The van der Waals surface area contributed by atoms with Gasteiger partial charge in [-0.1, -0.05) is 24.1 Å². The predicted molar refractivity (Wildman–Crippen MR) is 91.5 cm³/mol. The third-order valence-corrected chi connectivity index (χ3v) is 5.07. The summed E-state index contributed by atoms with van der Waals surface area (Å²) in [5, 5.41) is 0. The number of rotatable bonds is 5. The van der Waals surface area contributed by atoms with Gasteiger partial charge in [0.15, 0.2) is 0 Å². The minimum atomic E-state index is 0.287. The van der Waals surface area contributed by atoms with E-state index >= 15 is 0 Å². The number of nitrogens with zero attached hydrogens (tertiary/aromatic N) is 2. The number of aryl methyl sites for hydroxylation is 1. The highest BCUT2D eigenvalue weighted by molar-refractivity contribution is 5.26. The summed E-state index contributed by atoms with van der Waals surface area (Å²) in [5.41, 5.74) is 1.57. The summed E-state index contributed by atoms with van der Waals surface area (Å²) in [5.74, 6) is 1.01. The highest BCUT2D eigenvalue weighted by Gasteiger charge is 2.36. The van der Waals surface area contributed by atoms with Gasteiger partial charge in [0, 0.05) is 25.2 Å². The summed E-state index contributed by atoms with van der Waals surface area (Å²) in [6, 6.07) is 8.39. The Morgan fingerprint density at radius 3 is 2.32 bits per heavy atom. The summed E-state index contributed by atoms with van der Waals surface area (Å²) in [7, 11) is 0. The van der Waals surface area contributed by atoms with Gasteiger partial charge in [0.25, 0.3) is 0 Å². The Bertz CT molecular complexity index is 471. The second-order valence-corrected chi connectivity index (χ2v) is 7.61. The molecule has 0 aliphatic carbocycles. The minimum absolute atomic E-state index is 0.287. The highest BCUT2D eigenvalue weighted by atomic mass is 16.5. The topological polar surface area (TPSA) is 15.7 Å². The van der Waals surface area contributed by atoms with Gasteiger partial charge in [-0.25, -0.2) is 0 Å². The summed E-state index contributed by atoms with van der Waals surface area (Å²) in [4.78, 5) is 5.21. The van der Waals surface area contributed by atoms with E-state index in [1.165, 1.54) is 37.9 Å². The lowest BCUT2D eigenvalue weighted by molar-refractivity contribution is -0.0226. The lowest BCUT2D eigenvalue weighted by atomic mass is 9.96. The van der Waals surface area contributed by atoms with Crippen molar-refractivity contribution in [1.29, 1.82) is 0 Å². The zero-order valence-electron chi connectivity index (χ0n) is 14.3. The maximum atomic E-state index is 6.04. The molecule has 0 bridgehead atoms. The highest BCUT2D eigenvalue weighted by Crippen LogP contribution is 2.25. The van der Waals surface area contributed by atoms with E-state index in [0.29, 0.717) is 6.10 Å². The summed E-state index contributed by atoms with van der Waals surface area (Å²) in [6.07, 6.45) is 4.49. The molecule has 0 aromatic heterocycles. The fourth-order valence-electron chi connectivity index (χ4n) is 3.68. The molecule has 22 heavy (non-hydrogen) atoms. The van der Waals surface area contributed by atoms with Crippen LogP contribution in [-0.4, -0.2) is 54.2 Å². The molecule has 0 unspecified atom stereocenters. The fraction of sp³-hybridized carbons (Fsp3) is 0.684. The van der Waals surface area contributed by atoms with Crippen LogP contribution >= 0.6 is 0 Å². The molecular formula is C19H30N2O. The van der Waals surface area contributed by atoms with Crippen LogP contribution in [0.4, 0.5) is 0 Å². The average Bonchev–Trinajstić information content (AvgIpc) is 2.48. The number of hydrogen-bond acceptors (Lipinski definition) is 3. The third kappa shape index (κ3) is 3.82. The average molecular weight is 302 g/mol. The zero-order valence-corrected chi connectivity index (χ0v) is 14.3. The second-order valence-electron chi connectivity index (χ2n) is 7.61. The van der Waals surface area contributed by atoms with Crippen molar-refractivity contribution in [3.05, 3.63) is 29.8 Å². The maximum Gasteiger partial charge on any atom is 0.124 e. The standard InChI is InChI=1S/C19H30N2O/c1-16-7-9-17(10-8-16)22-18-13-20(14-18)15-19(2,3)21-11-5-4-6-12-21/h7-10,18H,4-6,11-15H2,1-3H3. The van der Waals surface area contributed by atoms with E-state index in [-0.39, 0.29) is 5.54 Å². The Labute approximate surface area is 135 Å². The van der Waals surface area contributed by atoms with Crippen LogP contribution in [0.3, 0.4) is 0 Å². The van der Waals surface area contributed by atoms with Crippen molar-refractivity contribution in [2.45, 2.75) is 51.7 Å². The van der Waals surface area contributed by atoms with E-state index in [1.807, 2.05) is 0 Å². The Hall–Kier alpha value is -1.06. The van der Waals surface area contributed by atoms with Crippen molar-refractivity contribution < 1.29 is 4.74 Å². The molecule has 2 aliphatic heterocycles. The van der Waals surface area contributed by atoms with Gasteiger partial charge in [0.1, 0.15) is 11.9 Å². The molecule has 2 heterocycles. The van der Waals surface area contributed by atoms with Crippen molar-refractivity contribution in [2.24, 2.45) is 0 Å². The first-order valence-electron chi connectivity index (χ1n) is 8.74. The molecule has 3 rings (SSSR count). The Morgan fingerprint density at radius 2 is 1.68 bits per heavy atom. The van der Waals surface area contributed by atoms with Gasteiger partial charge in [-0.2, -0.15) is 0 Å². The van der Waals surface area contributed by atoms with E-state index in [0.717, 1.165) is 25.4 Å². The van der Waals surface area contributed by atoms with Crippen LogP contribution in [0.1, 0.15) is 38.7 Å². The van der Waals surface area contributed by atoms with Gasteiger partial charge in [-0.3, -0.25) is 9.80 Å². The second kappa shape index (κ2) is 6.59. The van der Waals surface area contributed by atoms with Gasteiger partial charge in [-0.15, -0.1) is 0 Å². The predicted octanol–water partition coefficient (Wildman–Crippen LogP) is 3.32. The molecule has 0 spiro atoms. The number of benzene rings is 1. The quantitative estimate of drug-likeness (QED) is 0.830. The molecule has 2 aliphatic rings. The Balaban J connectivity index is 1.43. The first-order valence-corrected chi connectivity index (χ1v) is 8.74. The molecule has 1 aromatic rings. The molecule has 2 fully saturated rings. The molecule has 0 radical (unpaired) electrons. The monoisotopic (exact) mass is 302 g/mol. The molecular weight excluding hydrogens is 272 g/mol. The smallest absolute Gasteiger partial charge is 0.124 e. The fourth-order valence-corrected chi connectivity index (χ4v) is 3.68. The van der Waals surface area contributed by atoms with Crippen LogP contribution in [0, 0.1) is 6.92 Å². The first kappa shape index (κ1) is 15.8. The molecule has 1 aromatic carbocycles. The maximum absolute atomic E-state index is 6.04.